The van der Waals surface area contributed by atoms with Crippen molar-refractivity contribution in [3.8, 4) is 0 Å². The van der Waals surface area contributed by atoms with Crippen LogP contribution < -0.4 is 0 Å². The molecule has 1 saturated carbocycles. The maximum atomic E-state index is 12.6. The van der Waals surface area contributed by atoms with Crippen LogP contribution in [-0.4, -0.2) is 72.7 Å². The van der Waals surface area contributed by atoms with E-state index in [0.29, 0.717) is 17.1 Å². The molecule has 0 bridgehead atoms. The van der Waals surface area contributed by atoms with Crippen molar-refractivity contribution < 1.29 is 36.3 Å². The lowest BCUT2D eigenvalue weighted by Crippen LogP contribution is -2.53. The first kappa shape index (κ1) is 20.0. The first-order valence-corrected chi connectivity index (χ1v) is 9.80. The topological polar surface area (TPSA) is 95.0 Å². The largest absolute Gasteiger partial charge is 0.481 e. The number of carboxylic acid groups (broad SMARTS) is 1. The van der Waals surface area contributed by atoms with Gasteiger partial charge in [-0.1, -0.05) is 0 Å². The monoisotopic (exact) mass is 386 g/mol. The summed E-state index contributed by atoms with van der Waals surface area (Å²) in [6.07, 6.45) is -2.79. The highest BCUT2D eigenvalue weighted by atomic mass is 32.2. The van der Waals surface area contributed by atoms with E-state index in [2.05, 4.69) is 0 Å². The lowest BCUT2D eigenvalue weighted by Gasteiger charge is -2.41. The van der Waals surface area contributed by atoms with Gasteiger partial charge in [0.15, 0.2) is 0 Å². The number of hydrogen-bond donors (Lipinski definition) is 1. The van der Waals surface area contributed by atoms with E-state index in [1.165, 1.54) is 4.90 Å². The Morgan fingerprint density at radius 2 is 1.64 bits per heavy atom. The molecule has 0 spiro atoms. The molecule has 7 nitrogen and oxygen atoms in total. The fourth-order valence-electron chi connectivity index (χ4n) is 3.39. The molecule has 2 aliphatic rings. The lowest BCUT2D eigenvalue weighted by molar-refractivity contribution is -0.157. The summed E-state index contributed by atoms with van der Waals surface area (Å²) in [4.78, 5) is 24.8. The van der Waals surface area contributed by atoms with Crippen LogP contribution in [0.25, 0.3) is 0 Å². The highest BCUT2D eigenvalue weighted by Crippen LogP contribution is 2.36. The van der Waals surface area contributed by atoms with Crippen LogP contribution in [-0.2, 0) is 19.6 Å². The number of rotatable bonds is 5. The lowest BCUT2D eigenvalue weighted by atomic mass is 9.72. The van der Waals surface area contributed by atoms with Crippen molar-refractivity contribution in [2.24, 2.45) is 11.8 Å². The molecule has 1 amide bonds. The van der Waals surface area contributed by atoms with Crippen LogP contribution in [0.4, 0.5) is 13.2 Å². The number of nitrogens with zero attached hydrogens (tertiary/aromatic N) is 2. The van der Waals surface area contributed by atoms with E-state index in [9.17, 15) is 31.2 Å². The molecule has 2 atom stereocenters. The first-order chi connectivity index (χ1) is 11.4. The fourth-order valence-corrected chi connectivity index (χ4v) is 4.53. The molecule has 2 fully saturated rings. The molecule has 1 N–H and O–H groups in total. The predicted octanol–water partition coefficient (Wildman–Crippen LogP) is 0.912. The Balaban J connectivity index is 1.98. The van der Waals surface area contributed by atoms with Crippen LogP contribution in [0.1, 0.15) is 25.7 Å². The van der Waals surface area contributed by atoms with Gasteiger partial charge in [-0.2, -0.15) is 17.5 Å². The van der Waals surface area contributed by atoms with Crippen molar-refractivity contribution in [1.29, 1.82) is 0 Å². The van der Waals surface area contributed by atoms with Crippen LogP contribution in [0, 0.1) is 11.8 Å². The predicted molar refractivity (Wildman–Crippen MR) is 81.1 cm³/mol. The normalized spacial score (nSPS) is 25.7. The van der Waals surface area contributed by atoms with Crippen molar-refractivity contribution in [1.82, 2.24) is 9.21 Å². The van der Waals surface area contributed by atoms with Crippen molar-refractivity contribution in [3.05, 3.63) is 0 Å². The van der Waals surface area contributed by atoms with Crippen LogP contribution in [0.5, 0.6) is 0 Å². The van der Waals surface area contributed by atoms with Crippen molar-refractivity contribution >= 4 is 21.9 Å². The molecule has 1 aliphatic carbocycles. The van der Waals surface area contributed by atoms with E-state index in [0.717, 1.165) is 6.26 Å². The highest BCUT2D eigenvalue weighted by molar-refractivity contribution is 7.88. The van der Waals surface area contributed by atoms with Gasteiger partial charge in [-0.05, 0) is 25.7 Å². The van der Waals surface area contributed by atoms with Crippen LogP contribution in [0.2, 0.25) is 0 Å². The molecule has 0 aromatic rings. The third kappa shape index (κ3) is 4.84. The standard InChI is InChI=1S/C14H21F3N2O5S/c1-25(23,24)19(8-14(15,16)17)9-4-6-18(7-5-9)12(20)10-2-3-11(10)13(21)22/h9-11H,2-8H2,1H3,(H,21,22). The number of alkyl halides is 3. The van der Waals surface area contributed by atoms with Gasteiger partial charge in [0.1, 0.15) is 6.54 Å². The summed E-state index contributed by atoms with van der Waals surface area (Å²) in [5.74, 6) is -2.62. The number of halogens is 3. The molecule has 2 rings (SSSR count). The van der Waals surface area contributed by atoms with Crippen LogP contribution >= 0.6 is 0 Å². The quantitative estimate of drug-likeness (QED) is 0.758. The smallest absolute Gasteiger partial charge is 0.402 e. The van der Waals surface area contributed by atoms with Gasteiger partial charge in [0.05, 0.1) is 18.1 Å². The highest BCUT2D eigenvalue weighted by Gasteiger charge is 2.45. The van der Waals surface area contributed by atoms with Crippen LogP contribution in [0.3, 0.4) is 0 Å². The minimum Gasteiger partial charge on any atom is -0.481 e. The number of aliphatic carboxylic acids is 1. The van der Waals surface area contributed by atoms with Gasteiger partial charge in [0.25, 0.3) is 0 Å². The Kier molecular flexibility index (Phi) is 5.67. The molecule has 25 heavy (non-hydrogen) atoms. The Morgan fingerprint density at radius 3 is 2.00 bits per heavy atom. The number of hydrogen-bond acceptors (Lipinski definition) is 4. The number of carboxylic acids is 1. The van der Waals surface area contributed by atoms with Crippen molar-refractivity contribution in [2.45, 2.75) is 37.9 Å². The Labute approximate surface area is 143 Å². The molecule has 0 radical (unpaired) electrons. The molecule has 1 heterocycles. The summed E-state index contributed by atoms with van der Waals surface area (Å²) in [5.41, 5.74) is 0. The molecule has 1 saturated heterocycles. The molecule has 11 heteroatoms. The minimum atomic E-state index is -4.64. The Bertz CT molecular complexity index is 629. The third-order valence-corrected chi connectivity index (χ3v) is 6.13. The summed E-state index contributed by atoms with van der Waals surface area (Å²) in [5, 5.41) is 9.01. The second kappa shape index (κ2) is 7.10. The second-order valence-corrected chi connectivity index (χ2v) is 8.54. The van der Waals surface area contributed by atoms with Crippen molar-refractivity contribution in [3.63, 3.8) is 0 Å². The van der Waals surface area contributed by atoms with E-state index in [1.54, 1.807) is 0 Å². The zero-order valence-electron chi connectivity index (χ0n) is 13.7. The summed E-state index contributed by atoms with van der Waals surface area (Å²) < 4.78 is 61.8. The number of carbonyl (C=O) groups is 2. The van der Waals surface area contributed by atoms with Gasteiger partial charge in [-0.15, -0.1) is 0 Å². The van der Waals surface area contributed by atoms with E-state index in [1.807, 2.05) is 0 Å². The molecule has 0 aromatic heterocycles. The van der Waals surface area contributed by atoms with E-state index < -0.39 is 46.6 Å². The molecule has 2 unspecified atom stereocenters. The fraction of sp³-hybridized carbons (Fsp3) is 0.857. The Hall–Kier alpha value is -1.36. The average molecular weight is 386 g/mol. The maximum absolute atomic E-state index is 12.6. The average Bonchev–Trinajstić information content (AvgIpc) is 2.41. The van der Waals surface area contributed by atoms with Gasteiger partial charge in [0.2, 0.25) is 15.9 Å². The van der Waals surface area contributed by atoms with Gasteiger partial charge in [0, 0.05) is 19.1 Å². The first-order valence-electron chi connectivity index (χ1n) is 7.95. The molecular weight excluding hydrogens is 365 g/mol. The van der Waals surface area contributed by atoms with E-state index in [4.69, 9.17) is 5.11 Å². The summed E-state index contributed by atoms with van der Waals surface area (Å²) >= 11 is 0. The zero-order valence-corrected chi connectivity index (χ0v) is 14.5. The molecule has 0 aromatic carbocycles. The Morgan fingerprint density at radius 1 is 1.12 bits per heavy atom. The zero-order chi connectivity index (χ0) is 19.0. The van der Waals surface area contributed by atoms with Gasteiger partial charge in [-0.3, -0.25) is 9.59 Å². The summed E-state index contributed by atoms with van der Waals surface area (Å²) in [7, 11) is -4.03. The van der Waals surface area contributed by atoms with Crippen LogP contribution in [0.15, 0.2) is 0 Å². The number of amides is 1. The summed E-state index contributed by atoms with van der Waals surface area (Å²) in [6.45, 7) is -1.30. The summed E-state index contributed by atoms with van der Waals surface area (Å²) in [6, 6.07) is -0.822. The number of piperidine rings is 1. The van der Waals surface area contributed by atoms with Gasteiger partial charge in [-0.25, -0.2) is 8.42 Å². The number of carbonyl (C=O) groups excluding carboxylic acids is 1. The molecule has 1 aliphatic heterocycles. The van der Waals surface area contributed by atoms with E-state index in [-0.39, 0.29) is 31.8 Å². The number of likely N-dealkylation sites (tertiary alicyclic amines) is 1. The molecular formula is C14H21F3N2O5S. The third-order valence-electron chi connectivity index (χ3n) is 4.85. The number of sulfonamides is 1. The molecule has 144 valence electrons. The van der Waals surface area contributed by atoms with E-state index >= 15 is 0 Å². The van der Waals surface area contributed by atoms with Gasteiger partial charge >= 0.3 is 12.1 Å². The second-order valence-electron chi connectivity index (χ2n) is 6.61. The maximum Gasteiger partial charge on any atom is 0.402 e. The SMILES string of the molecule is CS(=O)(=O)N(CC(F)(F)F)C1CCN(C(=O)C2CCC2C(=O)O)CC1. The minimum absolute atomic E-state index is 0.0966. The van der Waals surface area contributed by atoms with Gasteiger partial charge < -0.3 is 10.0 Å². The van der Waals surface area contributed by atoms with Crippen molar-refractivity contribution in [2.75, 3.05) is 25.9 Å².